The molecule has 5 heteroatoms. The summed E-state index contributed by atoms with van der Waals surface area (Å²) in [5.74, 6) is 0.949. The molecule has 0 aliphatic heterocycles. The molecule has 0 bridgehead atoms. The second-order valence-electron chi connectivity index (χ2n) is 6.46. The molecule has 20 heavy (non-hydrogen) atoms. The van der Waals surface area contributed by atoms with Crippen molar-refractivity contribution in [3.63, 3.8) is 0 Å². The Hall–Kier alpha value is -1.62. The first kappa shape index (κ1) is 14.8. The van der Waals surface area contributed by atoms with Crippen molar-refractivity contribution in [2.45, 2.75) is 45.1 Å². The number of aromatic nitrogens is 1. The highest BCUT2D eigenvalue weighted by atomic mass is 16.3. The van der Waals surface area contributed by atoms with Crippen molar-refractivity contribution >= 4 is 11.8 Å². The monoisotopic (exact) mass is 276 g/mol. The van der Waals surface area contributed by atoms with Crippen LogP contribution in [0, 0.1) is 5.41 Å². The minimum atomic E-state index is -0.738. The van der Waals surface area contributed by atoms with Gasteiger partial charge >= 0.3 is 0 Å². The van der Waals surface area contributed by atoms with Gasteiger partial charge in [0.2, 0.25) is 0 Å². The molecular weight excluding hydrogens is 252 g/mol. The van der Waals surface area contributed by atoms with E-state index < -0.39 is 5.60 Å². The molecule has 0 saturated heterocycles. The number of aliphatic imine (C=N–C) groups is 1. The van der Waals surface area contributed by atoms with Gasteiger partial charge in [0.15, 0.2) is 5.96 Å². The van der Waals surface area contributed by atoms with Crippen molar-refractivity contribution < 1.29 is 5.11 Å². The average Bonchev–Trinajstić information content (AvgIpc) is 2.36. The Balaban J connectivity index is 1.94. The molecule has 1 heterocycles. The molecule has 1 aromatic heterocycles. The van der Waals surface area contributed by atoms with Gasteiger partial charge in [0.1, 0.15) is 5.82 Å². The molecule has 1 fully saturated rings. The fourth-order valence-corrected chi connectivity index (χ4v) is 2.94. The van der Waals surface area contributed by atoms with Crippen molar-refractivity contribution in [1.29, 1.82) is 0 Å². The van der Waals surface area contributed by atoms with Gasteiger partial charge in [0.05, 0.1) is 12.1 Å². The fraction of sp³-hybridized carbons (Fsp3) is 0.600. The van der Waals surface area contributed by atoms with Crippen molar-refractivity contribution in [3.8, 4) is 0 Å². The van der Waals surface area contributed by atoms with E-state index in [1.165, 1.54) is 0 Å². The molecule has 1 aromatic rings. The van der Waals surface area contributed by atoms with Crippen LogP contribution in [0.4, 0.5) is 5.82 Å². The minimum Gasteiger partial charge on any atom is -0.388 e. The summed E-state index contributed by atoms with van der Waals surface area (Å²) >= 11 is 0. The number of rotatable bonds is 3. The molecule has 4 N–H and O–H groups in total. The lowest BCUT2D eigenvalue weighted by Gasteiger charge is -2.40. The standard InChI is InChI=1S/C15H24N4O/c1-14(2)7-5-8-15(20,10-14)11-18-13(16)19-12-6-3-4-9-17-12/h3-4,6,9,20H,5,7-8,10-11H2,1-2H3,(H3,16,17,18,19). The lowest BCUT2D eigenvalue weighted by Crippen LogP contribution is -2.42. The highest BCUT2D eigenvalue weighted by Crippen LogP contribution is 2.40. The number of pyridine rings is 1. The van der Waals surface area contributed by atoms with E-state index in [2.05, 4.69) is 29.1 Å². The Kier molecular flexibility index (Phi) is 4.28. The molecular formula is C15H24N4O. The van der Waals surface area contributed by atoms with Crippen LogP contribution in [0.1, 0.15) is 39.5 Å². The topological polar surface area (TPSA) is 83.5 Å². The highest BCUT2D eigenvalue weighted by molar-refractivity contribution is 5.91. The van der Waals surface area contributed by atoms with Crippen molar-refractivity contribution in [3.05, 3.63) is 24.4 Å². The zero-order valence-electron chi connectivity index (χ0n) is 12.3. The Morgan fingerprint density at radius 3 is 2.90 bits per heavy atom. The number of guanidine groups is 1. The summed E-state index contributed by atoms with van der Waals surface area (Å²) < 4.78 is 0. The summed E-state index contributed by atoms with van der Waals surface area (Å²) in [6, 6.07) is 5.53. The van der Waals surface area contributed by atoms with Crippen LogP contribution in [-0.4, -0.2) is 28.2 Å². The molecule has 0 aromatic carbocycles. The molecule has 1 aliphatic carbocycles. The zero-order chi connectivity index (χ0) is 14.6. The van der Waals surface area contributed by atoms with Gasteiger partial charge in [0.25, 0.3) is 0 Å². The van der Waals surface area contributed by atoms with Crippen LogP contribution in [0.5, 0.6) is 0 Å². The SMILES string of the molecule is CC1(C)CCCC(O)(CN=C(N)Nc2ccccn2)C1. The number of hydrogen-bond donors (Lipinski definition) is 3. The number of nitrogens with zero attached hydrogens (tertiary/aromatic N) is 2. The quantitative estimate of drug-likeness (QED) is 0.583. The maximum absolute atomic E-state index is 10.6. The van der Waals surface area contributed by atoms with E-state index in [1.54, 1.807) is 6.20 Å². The molecule has 1 atom stereocenters. The van der Waals surface area contributed by atoms with Crippen LogP contribution in [0.2, 0.25) is 0 Å². The van der Waals surface area contributed by atoms with Crippen LogP contribution in [0.3, 0.4) is 0 Å². The molecule has 0 amide bonds. The van der Waals surface area contributed by atoms with E-state index in [9.17, 15) is 5.11 Å². The van der Waals surface area contributed by atoms with Gasteiger partial charge in [-0.2, -0.15) is 0 Å². The number of nitrogens with one attached hydrogen (secondary N) is 1. The Morgan fingerprint density at radius 2 is 2.25 bits per heavy atom. The van der Waals surface area contributed by atoms with Crippen molar-refractivity contribution in [1.82, 2.24) is 4.98 Å². The highest BCUT2D eigenvalue weighted by Gasteiger charge is 2.38. The van der Waals surface area contributed by atoms with Gasteiger partial charge in [-0.15, -0.1) is 0 Å². The van der Waals surface area contributed by atoms with E-state index in [-0.39, 0.29) is 5.41 Å². The molecule has 1 saturated carbocycles. The van der Waals surface area contributed by atoms with Crippen LogP contribution >= 0.6 is 0 Å². The van der Waals surface area contributed by atoms with Crippen molar-refractivity contribution in [2.75, 3.05) is 11.9 Å². The third kappa shape index (κ3) is 4.20. The summed E-state index contributed by atoms with van der Waals surface area (Å²) in [4.78, 5) is 8.39. The summed E-state index contributed by atoms with van der Waals surface area (Å²) in [5, 5.41) is 13.5. The second kappa shape index (κ2) is 5.79. The van der Waals surface area contributed by atoms with E-state index in [4.69, 9.17) is 5.73 Å². The van der Waals surface area contributed by atoms with Crippen LogP contribution < -0.4 is 11.1 Å². The third-order valence-electron chi connectivity index (χ3n) is 3.77. The molecule has 1 aliphatic rings. The summed E-state index contributed by atoms with van der Waals surface area (Å²) in [5.41, 5.74) is 5.27. The smallest absolute Gasteiger partial charge is 0.194 e. The predicted molar refractivity (Wildman–Crippen MR) is 81.5 cm³/mol. The predicted octanol–water partition coefficient (Wildman–Crippen LogP) is 2.14. The number of aliphatic hydroxyl groups is 1. The molecule has 1 unspecified atom stereocenters. The third-order valence-corrected chi connectivity index (χ3v) is 3.77. The van der Waals surface area contributed by atoms with Gasteiger partial charge in [-0.25, -0.2) is 4.98 Å². The molecule has 110 valence electrons. The zero-order valence-corrected chi connectivity index (χ0v) is 12.3. The second-order valence-corrected chi connectivity index (χ2v) is 6.46. The molecule has 2 rings (SSSR count). The Labute approximate surface area is 120 Å². The summed E-state index contributed by atoms with van der Waals surface area (Å²) in [6.45, 7) is 4.72. The molecule has 0 radical (unpaired) electrons. The number of nitrogens with two attached hydrogens (primary N) is 1. The first-order chi connectivity index (χ1) is 9.39. The number of hydrogen-bond acceptors (Lipinski definition) is 3. The van der Waals surface area contributed by atoms with E-state index >= 15 is 0 Å². The van der Waals surface area contributed by atoms with Gasteiger partial charge in [-0.3, -0.25) is 4.99 Å². The largest absolute Gasteiger partial charge is 0.388 e. The van der Waals surface area contributed by atoms with Gasteiger partial charge < -0.3 is 16.2 Å². The summed E-state index contributed by atoms with van der Waals surface area (Å²) in [7, 11) is 0. The lowest BCUT2D eigenvalue weighted by atomic mass is 9.70. The van der Waals surface area contributed by atoms with Crippen LogP contribution in [0.15, 0.2) is 29.4 Å². The first-order valence-electron chi connectivity index (χ1n) is 7.09. The fourth-order valence-electron chi connectivity index (χ4n) is 2.94. The number of anilines is 1. The first-order valence-corrected chi connectivity index (χ1v) is 7.09. The maximum Gasteiger partial charge on any atom is 0.194 e. The molecule has 5 nitrogen and oxygen atoms in total. The van der Waals surface area contributed by atoms with Crippen LogP contribution in [0.25, 0.3) is 0 Å². The Morgan fingerprint density at radius 1 is 1.45 bits per heavy atom. The lowest BCUT2D eigenvalue weighted by molar-refractivity contribution is -0.0306. The average molecular weight is 276 g/mol. The van der Waals surface area contributed by atoms with Gasteiger partial charge in [0, 0.05) is 6.20 Å². The van der Waals surface area contributed by atoms with Gasteiger partial charge in [-0.05, 0) is 43.2 Å². The van der Waals surface area contributed by atoms with E-state index in [0.29, 0.717) is 18.3 Å². The van der Waals surface area contributed by atoms with Gasteiger partial charge in [-0.1, -0.05) is 19.9 Å². The Bertz CT molecular complexity index is 472. The van der Waals surface area contributed by atoms with Crippen molar-refractivity contribution in [2.24, 2.45) is 16.1 Å². The maximum atomic E-state index is 10.6. The minimum absolute atomic E-state index is 0.172. The normalized spacial score (nSPS) is 26.2. The van der Waals surface area contributed by atoms with Crippen LogP contribution in [-0.2, 0) is 0 Å². The molecule has 0 spiro atoms. The van der Waals surface area contributed by atoms with E-state index in [0.717, 1.165) is 25.7 Å². The summed E-state index contributed by atoms with van der Waals surface area (Å²) in [6.07, 6.45) is 5.43. The van der Waals surface area contributed by atoms with E-state index in [1.807, 2.05) is 18.2 Å².